The van der Waals surface area contributed by atoms with Crippen molar-refractivity contribution in [2.45, 2.75) is 20.0 Å². The monoisotopic (exact) mass is 338 g/mol. The quantitative estimate of drug-likeness (QED) is 0.935. The van der Waals surface area contributed by atoms with Crippen LogP contribution in [0.2, 0.25) is 0 Å². The van der Waals surface area contributed by atoms with Gasteiger partial charge in [0.05, 0.1) is 12.7 Å². The minimum atomic E-state index is -0.178. The van der Waals surface area contributed by atoms with Gasteiger partial charge in [0, 0.05) is 29.9 Å². The van der Waals surface area contributed by atoms with Crippen molar-refractivity contribution in [1.29, 1.82) is 0 Å². The first-order valence-electron chi connectivity index (χ1n) is 8.42. The molecule has 1 aliphatic heterocycles. The Bertz CT molecular complexity index is 788. The number of rotatable bonds is 3. The number of anilines is 1. The number of ether oxygens (including phenoxy) is 1. The van der Waals surface area contributed by atoms with Crippen LogP contribution >= 0.6 is 0 Å². The predicted octanol–water partition coefficient (Wildman–Crippen LogP) is 3.11. The molecule has 25 heavy (non-hydrogen) atoms. The molecule has 0 bridgehead atoms. The zero-order chi connectivity index (χ0) is 17.8. The Labute approximate surface area is 147 Å². The number of benzene rings is 2. The summed E-state index contributed by atoms with van der Waals surface area (Å²) in [6.07, 6.45) is 0.0432. The molecule has 0 spiro atoms. The fraction of sp³-hybridized carbons (Fsp3) is 0.300. The largest absolute Gasteiger partial charge is 0.375 e. The van der Waals surface area contributed by atoms with Crippen LogP contribution in [-0.4, -0.2) is 42.5 Å². The summed E-state index contributed by atoms with van der Waals surface area (Å²) in [5, 5.41) is 2.87. The molecule has 2 amide bonds. The Morgan fingerprint density at radius 2 is 1.96 bits per heavy atom. The number of amides is 2. The van der Waals surface area contributed by atoms with Gasteiger partial charge >= 0.3 is 0 Å². The van der Waals surface area contributed by atoms with E-state index in [9.17, 15) is 9.59 Å². The third-order valence-electron chi connectivity index (χ3n) is 4.29. The third kappa shape index (κ3) is 4.06. The number of aryl methyl sites for hydroxylation is 1. The van der Waals surface area contributed by atoms with E-state index in [4.69, 9.17) is 4.74 Å². The molecule has 0 aromatic heterocycles. The predicted molar refractivity (Wildman–Crippen MR) is 96.9 cm³/mol. The summed E-state index contributed by atoms with van der Waals surface area (Å²) in [7, 11) is 0. The molecule has 0 saturated carbocycles. The number of morpholine rings is 1. The van der Waals surface area contributed by atoms with E-state index < -0.39 is 0 Å². The second-order valence-corrected chi connectivity index (χ2v) is 6.28. The zero-order valence-electron chi connectivity index (χ0n) is 14.5. The molecule has 0 aliphatic carbocycles. The summed E-state index contributed by atoms with van der Waals surface area (Å²) in [5.41, 5.74) is 2.72. The molecule has 2 aromatic rings. The lowest BCUT2D eigenvalue weighted by Gasteiger charge is -2.31. The molecule has 2 aromatic carbocycles. The maximum Gasteiger partial charge on any atom is 0.255 e. The van der Waals surface area contributed by atoms with Crippen molar-refractivity contribution in [2.75, 3.05) is 25.0 Å². The van der Waals surface area contributed by atoms with Gasteiger partial charge < -0.3 is 15.0 Å². The number of hydrogen-bond donors (Lipinski definition) is 1. The van der Waals surface area contributed by atoms with Gasteiger partial charge in [-0.2, -0.15) is 0 Å². The fourth-order valence-corrected chi connectivity index (χ4v) is 2.94. The van der Waals surface area contributed by atoms with Gasteiger partial charge in [0.25, 0.3) is 11.8 Å². The van der Waals surface area contributed by atoms with Gasteiger partial charge in [0.1, 0.15) is 0 Å². The average Bonchev–Trinajstić information content (AvgIpc) is 2.61. The van der Waals surface area contributed by atoms with Gasteiger partial charge in [-0.05, 0) is 43.7 Å². The summed E-state index contributed by atoms with van der Waals surface area (Å²) < 4.78 is 5.48. The van der Waals surface area contributed by atoms with E-state index in [0.29, 0.717) is 36.5 Å². The lowest BCUT2D eigenvalue weighted by Crippen LogP contribution is -2.44. The summed E-state index contributed by atoms with van der Waals surface area (Å²) in [4.78, 5) is 26.9. The molecule has 1 unspecified atom stereocenters. The van der Waals surface area contributed by atoms with E-state index in [1.165, 1.54) is 0 Å². The number of carbonyl (C=O) groups excluding carboxylic acids is 2. The van der Waals surface area contributed by atoms with Crippen molar-refractivity contribution in [3.63, 3.8) is 0 Å². The number of carbonyl (C=O) groups is 2. The summed E-state index contributed by atoms with van der Waals surface area (Å²) in [6, 6.07) is 14.5. The van der Waals surface area contributed by atoms with E-state index in [1.807, 2.05) is 32.0 Å². The molecule has 1 aliphatic rings. The Hall–Kier alpha value is -2.66. The second kappa shape index (κ2) is 7.49. The molecule has 1 atom stereocenters. The smallest absolute Gasteiger partial charge is 0.255 e. The van der Waals surface area contributed by atoms with Gasteiger partial charge in [0.2, 0.25) is 0 Å². The molecule has 0 radical (unpaired) electrons. The summed E-state index contributed by atoms with van der Waals surface area (Å²) in [5.74, 6) is -0.218. The molecule has 3 rings (SSSR count). The highest BCUT2D eigenvalue weighted by molar-refractivity contribution is 6.06. The Kier molecular flexibility index (Phi) is 5.14. The second-order valence-electron chi connectivity index (χ2n) is 6.28. The molecule has 1 heterocycles. The standard InChI is InChI=1S/C20H22N2O3/c1-14-6-3-4-9-18(14)19(23)21-17-8-5-7-16(12-17)20(24)22-10-11-25-15(2)13-22/h3-9,12,15H,10-11,13H2,1-2H3,(H,21,23). The summed E-state index contributed by atoms with van der Waals surface area (Å²) in [6.45, 7) is 5.57. The van der Waals surface area contributed by atoms with Crippen molar-refractivity contribution in [2.24, 2.45) is 0 Å². The molecule has 5 nitrogen and oxygen atoms in total. The van der Waals surface area contributed by atoms with E-state index in [-0.39, 0.29) is 17.9 Å². The zero-order valence-corrected chi connectivity index (χ0v) is 14.5. The highest BCUT2D eigenvalue weighted by atomic mass is 16.5. The number of hydrogen-bond acceptors (Lipinski definition) is 3. The Balaban J connectivity index is 1.74. The van der Waals surface area contributed by atoms with Crippen LogP contribution in [0.5, 0.6) is 0 Å². The minimum absolute atomic E-state index is 0.0397. The fourth-order valence-electron chi connectivity index (χ4n) is 2.94. The third-order valence-corrected chi connectivity index (χ3v) is 4.29. The summed E-state index contributed by atoms with van der Waals surface area (Å²) >= 11 is 0. The Morgan fingerprint density at radius 3 is 2.72 bits per heavy atom. The highest BCUT2D eigenvalue weighted by Crippen LogP contribution is 2.17. The van der Waals surface area contributed by atoms with Crippen LogP contribution in [0.25, 0.3) is 0 Å². The van der Waals surface area contributed by atoms with Crippen molar-refractivity contribution >= 4 is 17.5 Å². The first-order valence-corrected chi connectivity index (χ1v) is 8.42. The van der Waals surface area contributed by atoms with Crippen molar-refractivity contribution in [3.05, 3.63) is 65.2 Å². The van der Waals surface area contributed by atoms with Crippen LogP contribution in [0.15, 0.2) is 48.5 Å². The van der Waals surface area contributed by atoms with Crippen molar-refractivity contribution in [3.8, 4) is 0 Å². The van der Waals surface area contributed by atoms with Crippen LogP contribution in [0, 0.1) is 6.92 Å². The molecule has 1 N–H and O–H groups in total. The van der Waals surface area contributed by atoms with Crippen molar-refractivity contribution in [1.82, 2.24) is 4.90 Å². The molecule has 1 saturated heterocycles. The average molecular weight is 338 g/mol. The number of nitrogens with one attached hydrogen (secondary N) is 1. The van der Waals surface area contributed by atoms with Crippen LogP contribution < -0.4 is 5.32 Å². The van der Waals surface area contributed by atoms with E-state index in [2.05, 4.69) is 5.32 Å². The van der Waals surface area contributed by atoms with Crippen LogP contribution in [0.3, 0.4) is 0 Å². The first-order chi connectivity index (χ1) is 12.0. The van der Waals surface area contributed by atoms with Crippen LogP contribution in [0.4, 0.5) is 5.69 Å². The van der Waals surface area contributed by atoms with Gasteiger partial charge in [-0.3, -0.25) is 9.59 Å². The molecule has 130 valence electrons. The molecular weight excluding hydrogens is 316 g/mol. The van der Waals surface area contributed by atoms with E-state index >= 15 is 0 Å². The lowest BCUT2D eigenvalue weighted by atomic mass is 10.1. The van der Waals surface area contributed by atoms with Crippen LogP contribution in [-0.2, 0) is 4.74 Å². The topological polar surface area (TPSA) is 58.6 Å². The SMILES string of the molecule is Cc1ccccc1C(=O)Nc1cccc(C(=O)N2CCOC(C)C2)c1. The van der Waals surface area contributed by atoms with Crippen LogP contribution in [0.1, 0.15) is 33.2 Å². The van der Waals surface area contributed by atoms with Gasteiger partial charge in [-0.15, -0.1) is 0 Å². The van der Waals surface area contributed by atoms with Crippen molar-refractivity contribution < 1.29 is 14.3 Å². The number of nitrogens with zero attached hydrogens (tertiary/aromatic N) is 1. The highest BCUT2D eigenvalue weighted by Gasteiger charge is 2.22. The molecular formula is C20H22N2O3. The molecule has 5 heteroatoms. The maximum atomic E-state index is 12.7. The van der Waals surface area contributed by atoms with Gasteiger partial charge in [-0.1, -0.05) is 24.3 Å². The lowest BCUT2D eigenvalue weighted by molar-refractivity contribution is -0.0124. The first kappa shape index (κ1) is 17.2. The molecule has 1 fully saturated rings. The maximum absolute atomic E-state index is 12.7. The van der Waals surface area contributed by atoms with E-state index in [1.54, 1.807) is 35.2 Å². The van der Waals surface area contributed by atoms with E-state index in [0.717, 1.165) is 5.56 Å². The minimum Gasteiger partial charge on any atom is -0.375 e. The van der Waals surface area contributed by atoms with Gasteiger partial charge in [0.15, 0.2) is 0 Å². The normalized spacial score (nSPS) is 17.2. The van der Waals surface area contributed by atoms with Gasteiger partial charge in [-0.25, -0.2) is 0 Å². The Morgan fingerprint density at radius 1 is 1.16 bits per heavy atom.